The van der Waals surface area contributed by atoms with Crippen molar-refractivity contribution in [2.45, 2.75) is 31.2 Å². The third-order valence-corrected chi connectivity index (χ3v) is 4.10. The monoisotopic (exact) mass is 264 g/mol. The molecule has 2 amide bonds. The van der Waals surface area contributed by atoms with Crippen molar-refractivity contribution in [2.75, 3.05) is 13.1 Å². The Hall–Kier alpha value is -1.22. The predicted molar refractivity (Wildman–Crippen MR) is 71.7 cm³/mol. The molecule has 3 rings (SSSR count). The fourth-order valence-corrected chi connectivity index (χ4v) is 2.79. The lowest BCUT2D eigenvalue weighted by atomic mass is 10.1. The van der Waals surface area contributed by atoms with Gasteiger partial charge >= 0.3 is 6.03 Å². The molecule has 0 spiro atoms. The minimum absolute atomic E-state index is 0.0741. The number of hydrogen-bond donors (Lipinski definition) is 1. The van der Waals surface area contributed by atoms with Crippen LogP contribution < -0.4 is 5.32 Å². The first-order chi connectivity index (χ1) is 8.70. The second kappa shape index (κ2) is 4.47. The van der Waals surface area contributed by atoms with Crippen LogP contribution in [0.2, 0.25) is 5.02 Å². The van der Waals surface area contributed by atoms with Crippen molar-refractivity contribution in [1.82, 2.24) is 10.2 Å². The van der Waals surface area contributed by atoms with Crippen LogP contribution in [0.3, 0.4) is 0 Å². The Labute approximate surface area is 112 Å². The number of halogens is 1. The number of amides is 2. The zero-order valence-electron chi connectivity index (χ0n) is 10.3. The van der Waals surface area contributed by atoms with Crippen LogP contribution in [0.5, 0.6) is 0 Å². The van der Waals surface area contributed by atoms with Crippen LogP contribution in [-0.4, -0.2) is 24.0 Å². The van der Waals surface area contributed by atoms with Crippen molar-refractivity contribution in [3.63, 3.8) is 0 Å². The van der Waals surface area contributed by atoms with Crippen molar-refractivity contribution in [2.24, 2.45) is 0 Å². The maximum absolute atomic E-state index is 12.1. The zero-order valence-corrected chi connectivity index (χ0v) is 11.0. The van der Waals surface area contributed by atoms with Crippen LogP contribution in [0.4, 0.5) is 4.79 Å². The van der Waals surface area contributed by atoms with Gasteiger partial charge in [0, 0.05) is 18.1 Å². The lowest BCUT2D eigenvalue weighted by molar-refractivity contribution is 0.203. The van der Waals surface area contributed by atoms with Gasteiger partial charge in [-0.05, 0) is 43.4 Å². The summed E-state index contributed by atoms with van der Waals surface area (Å²) in [7, 11) is 0. The smallest absolute Gasteiger partial charge is 0.318 e. The molecule has 0 bridgehead atoms. The number of rotatable bonds is 2. The molecule has 2 fully saturated rings. The molecule has 1 heterocycles. The number of hydrogen-bond acceptors (Lipinski definition) is 1. The molecule has 1 aromatic carbocycles. The van der Waals surface area contributed by atoms with Crippen LogP contribution in [0.15, 0.2) is 24.3 Å². The van der Waals surface area contributed by atoms with E-state index >= 15 is 0 Å². The number of benzene rings is 1. The maximum Gasteiger partial charge on any atom is 0.318 e. The Bertz CT molecular complexity index is 465. The van der Waals surface area contributed by atoms with Gasteiger partial charge in [-0.25, -0.2) is 4.79 Å². The Kier molecular flexibility index (Phi) is 2.94. The molecule has 0 aromatic heterocycles. The second-order valence-electron chi connectivity index (χ2n) is 5.22. The number of nitrogens with zero attached hydrogens (tertiary/aromatic N) is 1. The van der Waals surface area contributed by atoms with E-state index in [1.165, 1.54) is 0 Å². The van der Waals surface area contributed by atoms with Gasteiger partial charge in [-0.3, -0.25) is 0 Å². The van der Waals surface area contributed by atoms with E-state index in [2.05, 4.69) is 5.32 Å². The van der Waals surface area contributed by atoms with Crippen LogP contribution in [0, 0.1) is 0 Å². The normalized spacial score (nSPS) is 20.8. The molecule has 0 radical (unpaired) electrons. The molecule has 96 valence electrons. The highest BCUT2D eigenvalue weighted by Crippen LogP contribution is 2.46. The Morgan fingerprint density at radius 2 is 2.00 bits per heavy atom. The van der Waals surface area contributed by atoms with E-state index in [4.69, 9.17) is 11.6 Å². The molecule has 1 saturated heterocycles. The molecular formula is C14H17ClN2O. The number of nitrogens with one attached hydrogen (secondary N) is 1. The number of urea groups is 1. The van der Waals surface area contributed by atoms with Crippen molar-refractivity contribution in [3.8, 4) is 0 Å². The van der Waals surface area contributed by atoms with E-state index in [0.29, 0.717) is 0 Å². The molecule has 18 heavy (non-hydrogen) atoms. The van der Waals surface area contributed by atoms with E-state index in [-0.39, 0.29) is 11.6 Å². The molecule has 1 aliphatic carbocycles. The molecule has 1 aromatic rings. The van der Waals surface area contributed by atoms with Crippen LogP contribution in [0.25, 0.3) is 0 Å². The van der Waals surface area contributed by atoms with Crippen molar-refractivity contribution >= 4 is 17.6 Å². The first-order valence-electron chi connectivity index (χ1n) is 6.53. The van der Waals surface area contributed by atoms with Crippen LogP contribution >= 0.6 is 11.6 Å². The van der Waals surface area contributed by atoms with E-state index in [1.54, 1.807) is 0 Å². The fourth-order valence-electron chi connectivity index (χ4n) is 2.60. The third kappa shape index (κ3) is 2.19. The molecule has 0 unspecified atom stereocenters. The van der Waals surface area contributed by atoms with Crippen molar-refractivity contribution in [3.05, 3.63) is 34.9 Å². The molecule has 1 saturated carbocycles. The Morgan fingerprint density at radius 3 is 2.61 bits per heavy atom. The van der Waals surface area contributed by atoms with Crippen molar-refractivity contribution < 1.29 is 4.79 Å². The van der Waals surface area contributed by atoms with Gasteiger partial charge in [-0.2, -0.15) is 0 Å². The summed E-state index contributed by atoms with van der Waals surface area (Å²) in [6, 6.07) is 7.88. The standard InChI is InChI=1S/C14H17ClN2O/c15-12-5-3-4-11(10-12)14(6-7-14)16-13(18)17-8-1-2-9-17/h3-5,10H,1-2,6-9H2,(H,16,18). The first-order valence-corrected chi connectivity index (χ1v) is 6.91. The highest BCUT2D eigenvalue weighted by atomic mass is 35.5. The summed E-state index contributed by atoms with van der Waals surface area (Å²) in [4.78, 5) is 14.0. The summed E-state index contributed by atoms with van der Waals surface area (Å²) in [5, 5.41) is 3.91. The average molecular weight is 265 g/mol. The van der Waals surface area contributed by atoms with Gasteiger partial charge in [-0.1, -0.05) is 23.7 Å². The highest BCUT2D eigenvalue weighted by Gasteiger charge is 2.46. The highest BCUT2D eigenvalue weighted by molar-refractivity contribution is 6.30. The number of carbonyl (C=O) groups excluding carboxylic acids is 1. The van der Waals surface area contributed by atoms with Crippen molar-refractivity contribution in [1.29, 1.82) is 0 Å². The van der Waals surface area contributed by atoms with Gasteiger partial charge in [0.15, 0.2) is 0 Å². The lowest BCUT2D eigenvalue weighted by Crippen LogP contribution is -2.43. The third-order valence-electron chi connectivity index (χ3n) is 3.87. The average Bonchev–Trinajstić information content (AvgIpc) is 2.93. The van der Waals surface area contributed by atoms with E-state index < -0.39 is 0 Å². The van der Waals surface area contributed by atoms with Gasteiger partial charge in [-0.15, -0.1) is 0 Å². The lowest BCUT2D eigenvalue weighted by Gasteiger charge is -2.23. The number of carbonyl (C=O) groups is 1. The molecule has 2 aliphatic rings. The molecule has 1 N–H and O–H groups in total. The fraction of sp³-hybridized carbons (Fsp3) is 0.500. The summed E-state index contributed by atoms with van der Waals surface area (Å²) < 4.78 is 0. The van der Waals surface area contributed by atoms with E-state index in [9.17, 15) is 4.79 Å². The minimum Gasteiger partial charge on any atom is -0.328 e. The van der Waals surface area contributed by atoms with Gasteiger partial charge in [0.05, 0.1) is 5.54 Å². The van der Waals surface area contributed by atoms with E-state index in [1.807, 2.05) is 29.2 Å². The van der Waals surface area contributed by atoms with Crippen LogP contribution in [0.1, 0.15) is 31.2 Å². The quantitative estimate of drug-likeness (QED) is 0.875. The van der Waals surface area contributed by atoms with Crippen LogP contribution in [-0.2, 0) is 5.54 Å². The molecule has 1 aliphatic heterocycles. The zero-order chi connectivity index (χ0) is 12.6. The Morgan fingerprint density at radius 1 is 1.28 bits per heavy atom. The van der Waals surface area contributed by atoms with Gasteiger partial charge in [0.2, 0.25) is 0 Å². The van der Waals surface area contributed by atoms with Gasteiger partial charge in [0.25, 0.3) is 0 Å². The minimum atomic E-state index is -0.162. The second-order valence-corrected chi connectivity index (χ2v) is 5.65. The molecule has 3 nitrogen and oxygen atoms in total. The molecule has 0 atom stereocenters. The largest absolute Gasteiger partial charge is 0.328 e. The molecule has 4 heteroatoms. The SMILES string of the molecule is O=C(NC1(c2cccc(Cl)c2)CC1)N1CCCC1. The Balaban J connectivity index is 1.73. The summed E-state index contributed by atoms with van der Waals surface area (Å²) in [6.45, 7) is 1.77. The summed E-state index contributed by atoms with van der Waals surface area (Å²) >= 11 is 6.02. The first kappa shape index (κ1) is 11.8. The topological polar surface area (TPSA) is 32.3 Å². The molecular weight excluding hydrogens is 248 g/mol. The van der Waals surface area contributed by atoms with E-state index in [0.717, 1.165) is 49.4 Å². The summed E-state index contributed by atoms with van der Waals surface area (Å²) in [5.41, 5.74) is 0.965. The summed E-state index contributed by atoms with van der Waals surface area (Å²) in [5.74, 6) is 0. The van der Waals surface area contributed by atoms with Gasteiger partial charge in [0.1, 0.15) is 0 Å². The van der Waals surface area contributed by atoms with Gasteiger partial charge < -0.3 is 10.2 Å². The maximum atomic E-state index is 12.1. The predicted octanol–water partition coefficient (Wildman–Crippen LogP) is 3.13. The number of likely N-dealkylation sites (tertiary alicyclic amines) is 1. The summed E-state index contributed by atoms with van der Waals surface area (Å²) in [6.07, 6.45) is 4.26.